The summed E-state index contributed by atoms with van der Waals surface area (Å²) >= 11 is 0. The molecule has 0 saturated carbocycles. The summed E-state index contributed by atoms with van der Waals surface area (Å²) in [7, 11) is 1.61. The van der Waals surface area contributed by atoms with E-state index in [4.69, 9.17) is 4.74 Å². The van der Waals surface area contributed by atoms with E-state index in [1.54, 1.807) is 33.1 Å². The summed E-state index contributed by atoms with van der Waals surface area (Å²) in [5, 5.41) is 5.53. The number of nitrogens with one attached hydrogen (secondary N) is 2. The van der Waals surface area contributed by atoms with E-state index in [-0.39, 0.29) is 24.2 Å². The van der Waals surface area contributed by atoms with Crippen LogP contribution in [0.2, 0.25) is 0 Å². The monoisotopic (exact) mass is 372 g/mol. The van der Waals surface area contributed by atoms with Crippen LogP contribution in [0.1, 0.15) is 25.0 Å². The van der Waals surface area contributed by atoms with Crippen LogP contribution in [0.25, 0.3) is 0 Å². The standard InChI is InChI=1S/C21H25FN2O3/c1-21(2,20(26)24-14-16-7-9-17(22)10-8-16)19(25)23-12-11-15-5-4-6-18(13-15)27-3/h4-10,13H,11-12,14H2,1-3H3,(H,23,25)(H,24,26). The first-order valence-corrected chi connectivity index (χ1v) is 8.77. The van der Waals surface area contributed by atoms with Crippen LogP contribution in [0.3, 0.4) is 0 Å². The van der Waals surface area contributed by atoms with Gasteiger partial charge in [0.2, 0.25) is 11.8 Å². The topological polar surface area (TPSA) is 67.4 Å². The molecule has 2 aromatic carbocycles. The molecule has 0 bridgehead atoms. The van der Waals surface area contributed by atoms with Gasteiger partial charge in [0.25, 0.3) is 0 Å². The Kier molecular flexibility index (Phi) is 6.93. The van der Waals surface area contributed by atoms with Crippen molar-refractivity contribution in [2.75, 3.05) is 13.7 Å². The van der Waals surface area contributed by atoms with Gasteiger partial charge in [0.05, 0.1) is 7.11 Å². The minimum Gasteiger partial charge on any atom is -0.497 e. The number of carbonyl (C=O) groups excluding carboxylic acids is 2. The molecule has 144 valence electrons. The quantitative estimate of drug-likeness (QED) is 0.700. The molecule has 6 heteroatoms. The van der Waals surface area contributed by atoms with Crippen molar-refractivity contribution in [2.45, 2.75) is 26.8 Å². The Morgan fingerprint density at radius 1 is 1.00 bits per heavy atom. The van der Waals surface area contributed by atoms with E-state index in [0.717, 1.165) is 16.9 Å². The van der Waals surface area contributed by atoms with Gasteiger partial charge in [0, 0.05) is 13.1 Å². The summed E-state index contributed by atoms with van der Waals surface area (Å²) in [6.45, 7) is 3.81. The SMILES string of the molecule is COc1cccc(CCNC(=O)C(C)(C)C(=O)NCc2ccc(F)cc2)c1. The zero-order valence-corrected chi connectivity index (χ0v) is 15.8. The summed E-state index contributed by atoms with van der Waals surface area (Å²) in [6.07, 6.45) is 0.635. The highest BCUT2D eigenvalue weighted by Gasteiger charge is 2.35. The number of carbonyl (C=O) groups is 2. The van der Waals surface area contributed by atoms with Gasteiger partial charge < -0.3 is 15.4 Å². The number of halogens is 1. The van der Waals surface area contributed by atoms with E-state index in [9.17, 15) is 14.0 Å². The molecule has 0 heterocycles. The lowest BCUT2D eigenvalue weighted by molar-refractivity contribution is -0.141. The number of hydrogen-bond acceptors (Lipinski definition) is 3. The van der Waals surface area contributed by atoms with E-state index >= 15 is 0 Å². The van der Waals surface area contributed by atoms with Crippen molar-refractivity contribution >= 4 is 11.8 Å². The summed E-state index contributed by atoms with van der Waals surface area (Å²) < 4.78 is 18.1. The second kappa shape index (κ2) is 9.16. The highest BCUT2D eigenvalue weighted by atomic mass is 19.1. The van der Waals surface area contributed by atoms with Crippen LogP contribution in [0, 0.1) is 11.2 Å². The second-order valence-electron chi connectivity index (χ2n) is 6.79. The van der Waals surface area contributed by atoms with Crippen LogP contribution in [0.4, 0.5) is 4.39 Å². The van der Waals surface area contributed by atoms with Gasteiger partial charge in [-0.15, -0.1) is 0 Å². The van der Waals surface area contributed by atoms with E-state index < -0.39 is 5.41 Å². The molecule has 0 spiro atoms. The molecule has 0 atom stereocenters. The molecule has 0 fully saturated rings. The van der Waals surface area contributed by atoms with Crippen molar-refractivity contribution < 1.29 is 18.7 Å². The summed E-state index contributed by atoms with van der Waals surface area (Å²) in [5.74, 6) is -0.298. The smallest absolute Gasteiger partial charge is 0.235 e. The number of hydrogen-bond donors (Lipinski definition) is 2. The summed E-state index contributed by atoms with van der Waals surface area (Å²) in [4.78, 5) is 24.8. The second-order valence-corrected chi connectivity index (χ2v) is 6.79. The van der Waals surface area contributed by atoms with Gasteiger partial charge >= 0.3 is 0 Å². The number of benzene rings is 2. The first-order valence-electron chi connectivity index (χ1n) is 8.77. The van der Waals surface area contributed by atoms with Crippen molar-refractivity contribution in [1.29, 1.82) is 0 Å². The minimum atomic E-state index is -1.21. The van der Waals surface area contributed by atoms with Gasteiger partial charge in [-0.3, -0.25) is 9.59 Å². The molecule has 0 unspecified atom stereocenters. The normalized spacial score (nSPS) is 11.0. The van der Waals surface area contributed by atoms with Gasteiger partial charge in [-0.2, -0.15) is 0 Å². The lowest BCUT2D eigenvalue weighted by Crippen LogP contribution is -2.48. The van der Waals surface area contributed by atoms with Crippen LogP contribution in [0.15, 0.2) is 48.5 Å². The Balaban J connectivity index is 1.83. The van der Waals surface area contributed by atoms with Crippen molar-refractivity contribution in [2.24, 2.45) is 5.41 Å². The molecule has 0 aliphatic carbocycles. The molecule has 0 saturated heterocycles. The zero-order chi connectivity index (χ0) is 19.9. The molecule has 0 aliphatic rings. The van der Waals surface area contributed by atoms with E-state index in [1.807, 2.05) is 24.3 Å². The Morgan fingerprint density at radius 2 is 1.67 bits per heavy atom. The zero-order valence-electron chi connectivity index (χ0n) is 15.8. The fourth-order valence-corrected chi connectivity index (χ4v) is 2.48. The first kappa shape index (κ1) is 20.4. The maximum atomic E-state index is 12.9. The molecular formula is C21H25FN2O3. The Bertz CT molecular complexity index is 788. The van der Waals surface area contributed by atoms with Crippen LogP contribution >= 0.6 is 0 Å². The largest absolute Gasteiger partial charge is 0.497 e. The molecule has 0 radical (unpaired) electrons. The third-order valence-corrected chi connectivity index (χ3v) is 4.34. The molecule has 5 nitrogen and oxygen atoms in total. The van der Waals surface area contributed by atoms with Crippen LogP contribution in [-0.4, -0.2) is 25.5 Å². The van der Waals surface area contributed by atoms with Crippen molar-refractivity contribution in [3.05, 3.63) is 65.5 Å². The highest BCUT2D eigenvalue weighted by molar-refractivity contribution is 6.04. The Morgan fingerprint density at radius 3 is 2.33 bits per heavy atom. The van der Waals surface area contributed by atoms with Crippen LogP contribution in [-0.2, 0) is 22.6 Å². The van der Waals surface area contributed by atoms with Crippen LogP contribution in [0.5, 0.6) is 5.75 Å². The third kappa shape index (κ3) is 5.81. The van der Waals surface area contributed by atoms with Gasteiger partial charge in [-0.05, 0) is 55.7 Å². The third-order valence-electron chi connectivity index (χ3n) is 4.34. The van der Waals surface area contributed by atoms with Gasteiger partial charge in [-0.1, -0.05) is 24.3 Å². The molecule has 27 heavy (non-hydrogen) atoms. The lowest BCUT2D eigenvalue weighted by atomic mass is 9.91. The maximum Gasteiger partial charge on any atom is 0.235 e. The molecule has 2 amide bonds. The molecule has 0 aromatic heterocycles. The fraction of sp³-hybridized carbons (Fsp3) is 0.333. The van der Waals surface area contributed by atoms with Crippen molar-refractivity contribution in [1.82, 2.24) is 10.6 Å². The maximum absolute atomic E-state index is 12.9. The van der Waals surface area contributed by atoms with E-state index in [2.05, 4.69) is 10.6 Å². The fourth-order valence-electron chi connectivity index (χ4n) is 2.48. The van der Waals surface area contributed by atoms with Gasteiger partial charge in [-0.25, -0.2) is 4.39 Å². The average Bonchev–Trinajstić information content (AvgIpc) is 2.67. The highest BCUT2D eigenvalue weighted by Crippen LogP contribution is 2.17. The molecule has 2 N–H and O–H groups in total. The van der Waals surface area contributed by atoms with Gasteiger partial charge in [0.1, 0.15) is 17.0 Å². The predicted octanol–water partition coefficient (Wildman–Crippen LogP) is 2.84. The molecule has 2 aromatic rings. The summed E-state index contributed by atoms with van der Waals surface area (Å²) in [5.41, 5.74) is 0.584. The summed E-state index contributed by atoms with van der Waals surface area (Å²) in [6, 6.07) is 13.5. The van der Waals surface area contributed by atoms with Crippen molar-refractivity contribution in [3.8, 4) is 5.75 Å². The van der Waals surface area contributed by atoms with E-state index in [1.165, 1.54) is 12.1 Å². The Hall–Kier alpha value is -2.89. The first-order chi connectivity index (χ1) is 12.8. The van der Waals surface area contributed by atoms with E-state index in [0.29, 0.717) is 13.0 Å². The molecule has 0 aliphatic heterocycles. The number of rotatable bonds is 8. The molecular weight excluding hydrogens is 347 g/mol. The predicted molar refractivity (Wildman–Crippen MR) is 102 cm³/mol. The molecule has 2 rings (SSSR count). The lowest BCUT2D eigenvalue weighted by Gasteiger charge is -2.22. The van der Waals surface area contributed by atoms with Gasteiger partial charge in [0.15, 0.2) is 0 Å². The van der Waals surface area contributed by atoms with Crippen LogP contribution < -0.4 is 15.4 Å². The Labute approximate surface area is 158 Å². The number of methoxy groups -OCH3 is 1. The minimum absolute atomic E-state index is 0.236. The average molecular weight is 372 g/mol. The number of ether oxygens (including phenoxy) is 1. The number of amides is 2. The van der Waals surface area contributed by atoms with Crippen molar-refractivity contribution in [3.63, 3.8) is 0 Å².